The first-order valence-electron chi connectivity index (χ1n) is 20.4. The molecule has 0 radical (unpaired) electrons. The van der Waals surface area contributed by atoms with Crippen molar-refractivity contribution in [2.75, 3.05) is 0 Å². The summed E-state index contributed by atoms with van der Waals surface area (Å²) in [4.78, 5) is 0. The molecule has 1 heteroatoms. The lowest BCUT2D eigenvalue weighted by Crippen LogP contribution is -2.29. The molecule has 0 saturated carbocycles. The van der Waals surface area contributed by atoms with Gasteiger partial charge in [0.15, 0.2) is 0 Å². The molecule has 1 aromatic heterocycles. The predicted octanol–water partition coefficient (Wildman–Crippen LogP) is 15.6. The highest BCUT2D eigenvalue weighted by Gasteiger charge is 2.36. The minimum absolute atomic E-state index is 0.000357. The van der Waals surface area contributed by atoms with Crippen molar-refractivity contribution in [3.05, 3.63) is 174 Å². The van der Waals surface area contributed by atoms with Gasteiger partial charge in [-0.2, -0.15) is 0 Å². The molecule has 6 aromatic rings. The van der Waals surface area contributed by atoms with Crippen molar-refractivity contribution >= 4 is 45.5 Å². The van der Waals surface area contributed by atoms with Crippen molar-refractivity contribution in [2.24, 2.45) is 5.92 Å². The Bertz CT molecular complexity index is 2440. The summed E-state index contributed by atoms with van der Waals surface area (Å²) in [6, 6.07) is 35.4. The molecular weight excluding hydrogens is 663 g/mol. The van der Waals surface area contributed by atoms with Crippen molar-refractivity contribution in [2.45, 2.75) is 86.0 Å². The van der Waals surface area contributed by atoms with E-state index >= 15 is 0 Å². The number of rotatable bonds is 6. The second kappa shape index (κ2) is 16.1. The van der Waals surface area contributed by atoms with E-state index in [4.69, 9.17) is 0 Å². The Hall–Kier alpha value is -5.40. The van der Waals surface area contributed by atoms with Crippen LogP contribution in [0.3, 0.4) is 0 Å². The van der Waals surface area contributed by atoms with Gasteiger partial charge in [0.05, 0.1) is 11.2 Å². The highest BCUT2D eigenvalue weighted by atomic mass is 15.0. The highest BCUT2D eigenvalue weighted by molar-refractivity contribution is 6.03. The first kappa shape index (κ1) is 39.3. The third-order valence-electron chi connectivity index (χ3n) is 11.2. The van der Waals surface area contributed by atoms with Crippen molar-refractivity contribution in [1.82, 2.24) is 4.57 Å². The van der Waals surface area contributed by atoms with Gasteiger partial charge < -0.3 is 4.57 Å². The Balaban J connectivity index is 0.00000125. The monoisotopic (exact) mass is 721 g/mol. The largest absolute Gasteiger partial charge is 0.309 e. The molecule has 8 rings (SSSR count). The van der Waals surface area contributed by atoms with Gasteiger partial charge in [0, 0.05) is 27.6 Å². The van der Waals surface area contributed by atoms with E-state index < -0.39 is 0 Å². The fourth-order valence-corrected chi connectivity index (χ4v) is 8.80. The topological polar surface area (TPSA) is 4.93 Å². The molecule has 2 unspecified atom stereocenters. The zero-order valence-electron chi connectivity index (χ0n) is 34.6. The van der Waals surface area contributed by atoms with Gasteiger partial charge in [-0.1, -0.05) is 197 Å². The van der Waals surface area contributed by atoms with Crippen LogP contribution < -0.4 is 0 Å². The molecule has 2 aliphatic rings. The van der Waals surface area contributed by atoms with Gasteiger partial charge in [-0.3, -0.25) is 0 Å². The molecular formula is C54H59N. The van der Waals surface area contributed by atoms with Gasteiger partial charge >= 0.3 is 0 Å². The summed E-state index contributed by atoms with van der Waals surface area (Å²) in [5.41, 5.74) is 15.2. The third kappa shape index (κ3) is 7.02. The van der Waals surface area contributed by atoms with Crippen LogP contribution in [-0.4, -0.2) is 4.57 Å². The molecule has 5 aromatic carbocycles. The quantitative estimate of drug-likeness (QED) is 0.161. The van der Waals surface area contributed by atoms with E-state index in [9.17, 15) is 0 Å². The van der Waals surface area contributed by atoms with Crippen molar-refractivity contribution in [1.29, 1.82) is 0 Å². The van der Waals surface area contributed by atoms with Crippen molar-refractivity contribution in [3.8, 4) is 16.8 Å². The molecule has 0 amide bonds. The minimum atomic E-state index is -0.116. The average molecular weight is 722 g/mol. The molecule has 0 saturated heterocycles. The molecule has 280 valence electrons. The molecule has 55 heavy (non-hydrogen) atoms. The minimum Gasteiger partial charge on any atom is -0.309 e. The summed E-state index contributed by atoms with van der Waals surface area (Å²) < 4.78 is 2.32. The number of aromatic nitrogens is 1. The van der Waals surface area contributed by atoms with E-state index in [1.54, 1.807) is 0 Å². The lowest BCUT2D eigenvalue weighted by molar-refractivity contribution is 0.538. The number of allylic oxidation sites excluding steroid dienone is 5. The Kier molecular flexibility index (Phi) is 11.5. The first-order valence-corrected chi connectivity index (χ1v) is 20.4. The van der Waals surface area contributed by atoms with Crippen molar-refractivity contribution < 1.29 is 0 Å². The molecule has 0 aliphatic heterocycles. The number of nitrogens with zero attached hydrogens (tertiary/aromatic N) is 1. The SMILES string of the molecule is C=Cc1c(C=C)n(-c2ccccc2)c2c(-c3ccc(C4=CCC(C)(c5c6c(c7ccccc7c5C(C)(C)C)CC(C)C=C6)C=C4)cc3)cccc12.CC.CC. The molecule has 0 fully saturated rings. The van der Waals surface area contributed by atoms with E-state index in [-0.39, 0.29) is 10.8 Å². The highest BCUT2D eigenvalue weighted by Crippen LogP contribution is 2.49. The van der Waals surface area contributed by atoms with Crippen LogP contribution in [0.15, 0.2) is 135 Å². The molecule has 2 atom stereocenters. The maximum absolute atomic E-state index is 4.19. The average Bonchev–Trinajstić information content (AvgIpc) is 3.56. The lowest BCUT2D eigenvalue weighted by Gasteiger charge is -2.39. The van der Waals surface area contributed by atoms with Crippen LogP contribution >= 0.6 is 0 Å². The van der Waals surface area contributed by atoms with Gasteiger partial charge in [0.25, 0.3) is 0 Å². The van der Waals surface area contributed by atoms with Crippen LogP contribution in [0.2, 0.25) is 0 Å². The Morgan fingerprint density at radius 2 is 1.36 bits per heavy atom. The Morgan fingerprint density at radius 1 is 0.727 bits per heavy atom. The van der Waals surface area contributed by atoms with Crippen LogP contribution in [0.25, 0.3) is 62.3 Å². The standard InChI is InChI=1S/C50H47N.2C2H6/c1-8-38-43-21-15-20-39(48(43)51(45(38)9-2)37-16-11-10-12-17-37)36-25-23-34(24-26-36)35-28-30-50(7,31-29-35)47-42-27-22-33(3)32-44(42)40-18-13-14-19-41(40)46(47)49(4,5)6;2*1-2/h8-30,33H,1-2,31-32H2,3-7H3;2*1-2H3. The second-order valence-corrected chi connectivity index (χ2v) is 15.7. The number of fused-ring (bicyclic) bond motifs is 4. The summed E-state index contributed by atoms with van der Waals surface area (Å²) in [6.45, 7) is 28.3. The zero-order chi connectivity index (χ0) is 39.5. The Morgan fingerprint density at radius 3 is 1.98 bits per heavy atom. The van der Waals surface area contributed by atoms with E-state index in [2.05, 4.69) is 180 Å². The number of para-hydroxylation sites is 2. The Labute approximate surface area is 331 Å². The fourth-order valence-electron chi connectivity index (χ4n) is 8.80. The molecule has 1 heterocycles. The lowest BCUT2D eigenvalue weighted by atomic mass is 9.64. The van der Waals surface area contributed by atoms with E-state index in [1.165, 1.54) is 66.2 Å². The normalized spacial score (nSPS) is 17.4. The van der Waals surface area contributed by atoms with Gasteiger partial charge in [0.1, 0.15) is 0 Å². The van der Waals surface area contributed by atoms with Crippen LogP contribution in [0.5, 0.6) is 0 Å². The van der Waals surface area contributed by atoms with Gasteiger partial charge in [-0.25, -0.2) is 0 Å². The fraction of sp³-hybridized carbons (Fsp3) is 0.259. The van der Waals surface area contributed by atoms with Crippen LogP contribution in [-0.2, 0) is 17.3 Å². The van der Waals surface area contributed by atoms with E-state index in [0.29, 0.717) is 5.92 Å². The van der Waals surface area contributed by atoms with Crippen LogP contribution in [0.4, 0.5) is 0 Å². The van der Waals surface area contributed by atoms with Gasteiger partial charge in [-0.05, 0) is 92.1 Å². The smallest absolute Gasteiger partial charge is 0.0619 e. The summed E-state index contributed by atoms with van der Waals surface area (Å²) in [7, 11) is 0. The number of hydrogen-bond acceptors (Lipinski definition) is 0. The van der Waals surface area contributed by atoms with Gasteiger partial charge in [0.2, 0.25) is 0 Å². The summed E-state index contributed by atoms with van der Waals surface area (Å²) >= 11 is 0. The van der Waals surface area contributed by atoms with E-state index in [1.807, 2.05) is 39.8 Å². The molecule has 0 bridgehead atoms. The van der Waals surface area contributed by atoms with Crippen LogP contribution in [0.1, 0.15) is 108 Å². The molecule has 2 aliphatic carbocycles. The zero-order valence-corrected chi connectivity index (χ0v) is 34.6. The molecule has 1 nitrogen and oxygen atoms in total. The van der Waals surface area contributed by atoms with Gasteiger partial charge in [-0.15, -0.1) is 0 Å². The summed E-state index contributed by atoms with van der Waals surface area (Å²) in [5.74, 6) is 0.543. The van der Waals surface area contributed by atoms with Crippen molar-refractivity contribution in [3.63, 3.8) is 0 Å². The predicted molar refractivity (Wildman–Crippen MR) is 245 cm³/mol. The molecule has 0 spiro atoms. The maximum atomic E-state index is 4.19. The maximum Gasteiger partial charge on any atom is 0.0619 e. The summed E-state index contributed by atoms with van der Waals surface area (Å²) in [6.07, 6.45) is 18.1. The third-order valence-corrected chi connectivity index (χ3v) is 11.2. The first-order chi connectivity index (χ1) is 26.6. The van der Waals surface area contributed by atoms with Crippen LogP contribution in [0, 0.1) is 5.92 Å². The van der Waals surface area contributed by atoms with E-state index in [0.717, 1.165) is 29.8 Å². The number of benzene rings is 5. The molecule has 0 N–H and O–H groups in total. The second-order valence-electron chi connectivity index (χ2n) is 15.7. The number of hydrogen-bond donors (Lipinski definition) is 0. The summed E-state index contributed by atoms with van der Waals surface area (Å²) in [5, 5.41) is 4.01.